The first-order valence-corrected chi connectivity index (χ1v) is 8.48. The lowest BCUT2D eigenvalue weighted by atomic mass is 9.96. The molecule has 0 saturated carbocycles. The van der Waals surface area contributed by atoms with E-state index in [1.54, 1.807) is 6.92 Å². The number of piperidine rings is 1. The number of carboxylic acid groups (broad SMARTS) is 1. The molecule has 0 spiro atoms. The summed E-state index contributed by atoms with van der Waals surface area (Å²) >= 11 is 0. The molecule has 1 aromatic rings. The Kier molecular flexibility index (Phi) is 4.81. The van der Waals surface area contributed by atoms with E-state index < -0.39 is 50.9 Å². The minimum Gasteiger partial charge on any atom is -0.481 e. The quantitative estimate of drug-likeness (QED) is 0.914. The van der Waals surface area contributed by atoms with Crippen molar-refractivity contribution >= 4 is 16.0 Å². The normalized spacial score (nSPS) is 23.4. The van der Waals surface area contributed by atoms with Gasteiger partial charge in [0.15, 0.2) is 0 Å². The molecular formula is C14H17F2NO4S. The molecule has 0 bridgehead atoms. The van der Waals surface area contributed by atoms with E-state index in [4.69, 9.17) is 5.11 Å². The zero-order chi connectivity index (χ0) is 16.5. The van der Waals surface area contributed by atoms with Gasteiger partial charge in [0, 0.05) is 18.2 Å². The minimum absolute atomic E-state index is 0.172. The Morgan fingerprint density at radius 2 is 1.91 bits per heavy atom. The second-order valence-corrected chi connectivity index (χ2v) is 7.41. The lowest BCUT2D eigenvalue weighted by Gasteiger charge is -2.35. The number of aliphatic carboxylic acids is 1. The number of hydrogen-bond donors (Lipinski definition) is 1. The molecule has 0 radical (unpaired) electrons. The lowest BCUT2D eigenvalue weighted by Crippen LogP contribution is -2.47. The summed E-state index contributed by atoms with van der Waals surface area (Å²) in [6.45, 7) is 1.49. The van der Waals surface area contributed by atoms with Crippen molar-refractivity contribution in [3.63, 3.8) is 0 Å². The molecule has 5 nitrogen and oxygen atoms in total. The standard InChI is InChI=1S/C14H17F2NO4S/c1-9-5-6-10(14(18)19)7-17(9)22(20,21)8-11-12(15)3-2-4-13(11)16/h2-4,9-10H,5-8H2,1H3,(H,18,19). The maximum absolute atomic E-state index is 13.6. The Balaban J connectivity index is 2.27. The predicted octanol–water partition coefficient (Wildman–Crippen LogP) is 1.98. The van der Waals surface area contributed by atoms with Crippen molar-refractivity contribution in [1.82, 2.24) is 4.31 Å². The molecule has 0 amide bonds. The van der Waals surface area contributed by atoms with E-state index in [9.17, 15) is 22.0 Å². The molecule has 2 rings (SSSR count). The third kappa shape index (κ3) is 3.44. The van der Waals surface area contributed by atoms with Gasteiger partial charge in [-0.3, -0.25) is 4.79 Å². The average molecular weight is 333 g/mol. The molecule has 1 saturated heterocycles. The van der Waals surface area contributed by atoms with Gasteiger partial charge < -0.3 is 5.11 Å². The first kappa shape index (κ1) is 16.8. The van der Waals surface area contributed by atoms with E-state index in [1.165, 1.54) is 0 Å². The van der Waals surface area contributed by atoms with Crippen LogP contribution in [0.2, 0.25) is 0 Å². The van der Waals surface area contributed by atoms with Crippen molar-refractivity contribution in [2.75, 3.05) is 6.54 Å². The molecule has 1 aliphatic rings. The van der Waals surface area contributed by atoms with E-state index in [0.717, 1.165) is 22.5 Å². The lowest BCUT2D eigenvalue weighted by molar-refractivity contribution is -0.143. The highest BCUT2D eigenvalue weighted by Crippen LogP contribution is 2.27. The Morgan fingerprint density at radius 1 is 1.32 bits per heavy atom. The van der Waals surface area contributed by atoms with Crippen LogP contribution >= 0.6 is 0 Å². The number of sulfonamides is 1. The van der Waals surface area contributed by atoms with Crippen LogP contribution in [-0.4, -0.2) is 36.4 Å². The molecule has 1 aliphatic heterocycles. The van der Waals surface area contributed by atoms with E-state index >= 15 is 0 Å². The van der Waals surface area contributed by atoms with Crippen LogP contribution < -0.4 is 0 Å². The summed E-state index contributed by atoms with van der Waals surface area (Å²) in [5.74, 6) is -4.53. The van der Waals surface area contributed by atoms with Gasteiger partial charge in [0.1, 0.15) is 11.6 Å². The summed E-state index contributed by atoms with van der Waals surface area (Å²) in [7, 11) is -4.01. The molecule has 1 heterocycles. The topological polar surface area (TPSA) is 74.7 Å². The number of rotatable bonds is 4. The second-order valence-electron chi connectivity index (χ2n) is 5.49. The zero-order valence-corrected chi connectivity index (χ0v) is 12.8. The number of carboxylic acids is 1. The van der Waals surface area contributed by atoms with Crippen molar-refractivity contribution in [3.05, 3.63) is 35.4 Å². The average Bonchev–Trinajstić information content (AvgIpc) is 2.43. The number of carbonyl (C=O) groups is 1. The molecule has 1 fully saturated rings. The molecule has 1 N–H and O–H groups in total. The van der Waals surface area contributed by atoms with Gasteiger partial charge in [0.25, 0.3) is 0 Å². The van der Waals surface area contributed by atoms with E-state index in [2.05, 4.69) is 0 Å². The smallest absolute Gasteiger partial charge is 0.307 e. The highest BCUT2D eigenvalue weighted by molar-refractivity contribution is 7.88. The fourth-order valence-electron chi connectivity index (χ4n) is 2.60. The summed E-state index contributed by atoms with van der Waals surface area (Å²) < 4.78 is 53.2. The van der Waals surface area contributed by atoms with Crippen LogP contribution in [0, 0.1) is 17.6 Å². The summed E-state index contributed by atoms with van der Waals surface area (Å²) in [5, 5.41) is 9.04. The maximum Gasteiger partial charge on any atom is 0.307 e. The minimum atomic E-state index is -4.01. The van der Waals surface area contributed by atoms with Crippen LogP contribution in [0.1, 0.15) is 25.3 Å². The van der Waals surface area contributed by atoms with Gasteiger partial charge in [-0.15, -0.1) is 0 Å². The van der Waals surface area contributed by atoms with Gasteiger partial charge in [-0.25, -0.2) is 17.2 Å². The van der Waals surface area contributed by atoms with Gasteiger partial charge in [-0.05, 0) is 31.9 Å². The summed E-state index contributed by atoms with van der Waals surface area (Å²) in [5.41, 5.74) is -0.521. The fraction of sp³-hybridized carbons (Fsp3) is 0.500. The van der Waals surface area contributed by atoms with Crippen molar-refractivity contribution in [2.45, 2.75) is 31.6 Å². The SMILES string of the molecule is CC1CCC(C(=O)O)CN1S(=O)(=O)Cc1c(F)cccc1F. The van der Waals surface area contributed by atoms with Crippen molar-refractivity contribution < 1.29 is 27.1 Å². The summed E-state index contributed by atoms with van der Waals surface area (Å²) in [4.78, 5) is 11.1. The summed E-state index contributed by atoms with van der Waals surface area (Å²) in [6, 6.07) is 2.75. The van der Waals surface area contributed by atoms with Crippen molar-refractivity contribution in [1.29, 1.82) is 0 Å². The van der Waals surface area contributed by atoms with Crippen LogP contribution in [-0.2, 0) is 20.6 Å². The zero-order valence-electron chi connectivity index (χ0n) is 12.0. The van der Waals surface area contributed by atoms with Gasteiger partial charge in [-0.1, -0.05) is 6.07 Å². The molecule has 122 valence electrons. The molecule has 2 atom stereocenters. The molecule has 1 aromatic carbocycles. The Bertz CT molecular complexity index is 657. The number of nitrogens with zero attached hydrogens (tertiary/aromatic N) is 1. The first-order valence-electron chi connectivity index (χ1n) is 6.87. The fourth-order valence-corrected chi connectivity index (χ4v) is 4.47. The number of benzene rings is 1. The number of halogens is 2. The van der Waals surface area contributed by atoms with Gasteiger partial charge in [-0.2, -0.15) is 4.31 Å². The first-order chi connectivity index (χ1) is 10.2. The Hall–Kier alpha value is -1.54. The van der Waals surface area contributed by atoms with Crippen LogP contribution in [0.15, 0.2) is 18.2 Å². The molecule has 8 heteroatoms. The Morgan fingerprint density at radius 3 is 2.45 bits per heavy atom. The monoisotopic (exact) mass is 333 g/mol. The molecule has 0 aromatic heterocycles. The highest BCUT2D eigenvalue weighted by Gasteiger charge is 2.37. The van der Waals surface area contributed by atoms with Gasteiger partial charge >= 0.3 is 5.97 Å². The summed E-state index contributed by atoms with van der Waals surface area (Å²) in [6.07, 6.45) is 0.784. The maximum atomic E-state index is 13.6. The second kappa shape index (κ2) is 6.29. The van der Waals surface area contributed by atoms with E-state index in [0.29, 0.717) is 12.8 Å². The van der Waals surface area contributed by atoms with Crippen LogP contribution in [0.5, 0.6) is 0 Å². The molecule has 0 aliphatic carbocycles. The van der Waals surface area contributed by atoms with Gasteiger partial charge in [0.05, 0.1) is 11.7 Å². The molecular weight excluding hydrogens is 316 g/mol. The van der Waals surface area contributed by atoms with Crippen molar-refractivity contribution in [3.8, 4) is 0 Å². The molecule has 22 heavy (non-hydrogen) atoms. The van der Waals surface area contributed by atoms with Crippen LogP contribution in [0.4, 0.5) is 8.78 Å². The Labute approximate surface area is 127 Å². The van der Waals surface area contributed by atoms with E-state index in [1.807, 2.05) is 0 Å². The highest BCUT2D eigenvalue weighted by atomic mass is 32.2. The van der Waals surface area contributed by atoms with Crippen LogP contribution in [0.3, 0.4) is 0 Å². The third-order valence-corrected chi connectivity index (χ3v) is 5.80. The largest absolute Gasteiger partial charge is 0.481 e. The van der Waals surface area contributed by atoms with Gasteiger partial charge in [0.2, 0.25) is 10.0 Å². The molecule has 2 unspecified atom stereocenters. The van der Waals surface area contributed by atoms with Crippen molar-refractivity contribution in [2.24, 2.45) is 5.92 Å². The number of hydrogen-bond acceptors (Lipinski definition) is 3. The third-order valence-electron chi connectivity index (χ3n) is 3.92. The van der Waals surface area contributed by atoms with Crippen LogP contribution in [0.25, 0.3) is 0 Å². The predicted molar refractivity (Wildman–Crippen MR) is 75.5 cm³/mol. The van der Waals surface area contributed by atoms with E-state index in [-0.39, 0.29) is 6.54 Å².